The van der Waals surface area contributed by atoms with Gasteiger partial charge in [0.15, 0.2) is 5.82 Å². The minimum Gasteiger partial charge on any atom is -0.356 e. The van der Waals surface area contributed by atoms with E-state index in [1.54, 1.807) is 6.20 Å². The Bertz CT molecular complexity index is 910. The Balaban J connectivity index is 1.50. The van der Waals surface area contributed by atoms with Gasteiger partial charge < -0.3 is 10.3 Å². The van der Waals surface area contributed by atoms with Crippen LogP contribution in [0.4, 0.5) is 0 Å². The number of carbonyl (C=O) groups is 1. The van der Waals surface area contributed by atoms with Crippen LogP contribution in [0.1, 0.15) is 17.8 Å². The van der Waals surface area contributed by atoms with Crippen molar-refractivity contribution in [1.29, 1.82) is 0 Å². The summed E-state index contributed by atoms with van der Waals surface area (Å²) >= 11 is 0. The first-order chi connectivity index (χ1) is 12.7. The molecule has 7 nitrogen and oxygen atoms in total. The molecule has 1 amide bonds. The number of nitrogens with one attached hydrogen (secondary N) is 2. The Morgan fingerprint density at radius 3 is 2.54 bits per heavy atom. The van der Waals surface area contributed by atoms with Crippen LogP contribution in [0.3, 0.4) is 0 Å². The molecule has 3 rings (SSSR count). The standard InChI is InChI=1S/C19H19N5O2/c25-17(21-13-11-15-8-4-5-12-20-15)10-9-16-19(26)22-18(24-23-16)14-6-2-1-3-7-14/h1-8,12H,9-11,13H2,(H,21,25)(H,22,24,26). The molecule has 0 unspecified atom stereocenters. The molecule has 2 aromatic heterocycles. The number of hydrogen-bond donors (Lipinski definition) is 2. The van der Waals surface area contributed by atoms with E-state index < -0.39 is 0 Å². The fourth-order valence-corrected chi connectivity index (χ4v) is 2.45. The van der Waals surface area contributed by atoms with Crippen molar-refractivity contribution in [3.05, 3.63) is 76.5 Å². The fraction of sp³-hybridized carbons (Fsp3) is 0.211. The van der Waals surface area contributed by atoms with Crippen LogP contribution in [0.2, 0.25) is 0 Å². The predicted molar refractivity (Wildman–Crippen MR) is 97.4 cm³/mol. The largest absolute Gasteiger partial charge is 0.356 e. The molecule has 0 radical (unpaired) electrons. The zero-order chi connectivity index (χ0) is 18.2. The maximum Gasteiger partial charge on any atom is 0.273 e. The van der Waals surface area contributed by atoms with Crippen LogP contribution >= 0.6 is 0 Å². The number of aromatic nitrogens is 4. The quantitative estimate of drug-likeness (QED) is 0.673. The third-order valence-electron chi connectivity index (χ3n) is 3.83. The second-order valence-corrected chi connectivity index (χ2v) is 5.74. The molecule has 2 heterocycles. The van der Waals surface area contributed by atoms with Gasteiger partial charge in [0.05, 0.1) is 0 Å². The highest BCUT2D eigenvalue weighted by Gasteiger charge is 2.09. The van der Waals surface area contributed by atoms with Crippen LogP contribution < -0.4 is 10.9 Å². The van der Waals surface area contributed by atoms with Crippen molar-refractivity contribution in [2.45, 2.75) is 19.3 Å². The molecule has 0 bridgehead atoms. The summed E-state index contributed by atoms with van der Waals surface area (Å²) in [4.78, 5) is 31.0. The van der Waals surface area contributed by atoms with Gasteiger partial charge >= 0.3 is 0 Å². The van der Waals surface area contributed by atoms with Crippen molar-refractivity contribution in [2.75, 3.05) is 6.54 Å². The highest BCUT2D eigenvalue weighted by atomic mass is 16.1. The Labute approximate surface area is 150 Å². The molecule has 0 saturated carbocycles. The molecular formula is C19H19N5O2. The average molecular weight is 349 g/mol. The fourth-order valence-electron chi connectivity index (χ4n) is 2.45. The van der Waals surface area contributed by atoms with Crippen LogP contribution in [-0.4, -0.2) is 32.6 Å². The minimum absolute atomic E-state index is 0.130. The van der Waals surface area contributed by atoms with Crippen molar-refractivity contribution < 1.29 is 4.79 Å². The van der Waals surface area contributed by atoms with E-state index in [1.807, 2.05) is 48.5 Å². The predicted octanol–water partition coefficient (Wildman–Crippen LogP) is 1.52. The summed E-state index contributed by atoms with van der Waals surface area (Å²) in [6.07, 6.45) is 2.82. The van der Waals surface area contributed by atoms with Crippen LogP contribution in [-0.2, 0) is 17.6 Å². The number of H-pyrrole nitrogens is 1. The van der Waals surface area contributed by atoms with E-state index in [4.69, 9.17) is 0 Å². The number of nitrogens with zero attached hydrogens (tertiary/aromatic N) is 3. The molecule has 7 heteroatoms. The van der Waals surface area contributed by atoms with Crippen LogP contribution in [0.15, 0.2) is 59.5 Å². The number of benzene rings is 1. The van der Waals surface area contributed by atoms with Gasteiger partial charge in [-0.05, 0) is 12.1 Å². The van der Waals surface area contributed by atoms with Gasteiger partial charge in [-0.15, -0.1) is 10.2 Å². The van der Waals surface area contributed by atoms with E-state index in [9.17, 15) is 9.59 Å². The smallest absolute Gasteiger partial charge is 0.273 e. The molecule has 0 atom stereocenters. The van der Waals surface area contributed by atoms with Crippen LogP contribution in [0, 0.1) is 0 Å². The first-order valence-corrected chi connectivity index (χ1v) is 8.40. The third-order valence-corrected chi connectivity index (χ3v) is 3.83. The summed E-state index contributed by atoms with van der Waals surface area (Å²) in [6, 6.07) is 15.0. The van der Waals surface area contributed by atoms with Crippen molar-refractivity contribution in [2.24, 2.45) is 0 Å². The van der Waals surface area contributed by atoms with E-state index >= 15 is 0 Å². The SMILES string of the molecule is O=C(CCc1nnc(-c2ccccc2)[nH]c1=O)NCCc1ccccn1. The third kappa shape index (κ3) is 4.83. The van der Waals surface area contributed by atoms with Gasteiger partial charge in [-0.1, -0.05) is 36.4 Å². The lowest BCUT2D eigenvalue weighted by molar-refractivity contribution is -0.121. The lowest BCUT2D eigenvalue weighted by atomic mass is 10.2. The lowest BCUT2D eigenvalue weighted by Gasteiger charge is -2.05. The van der Waals surface area contributed by atoms with Gasteiger partial charge in [-0.2, -0.15) is 0 Å². The van der Waals surface area contributed by atoms with Crippen LogP contribution in [0.5, 0.6) is 0 Å². The molecule has 0 aliphatic rings. The zero-order valence-corrected chi connectivity index (χ0v) is 14.2. The topological polar surface area (TPSA) is 101 Å². The summed E-state index contributed by atoms with van der Waals surface area (Å²) in [5.41, 5.74) is 1.65. The Morgan fingerprint density at radius 2 is 1.81 bits per heavy atom. The van der Waals surface area contributed by atoms with Gasteiger partial charge in [0.25, 0.3) is 5.56 Å². The Kier molecular flexibility index (Phi) is 5.82. The summed E-state index contributed by atoms with van der Waals surface area (Å²) in [5, 5.41) is 10.8. The molecule has 26 heavy (non-hydrogen) atoms. The first kappa shape index (κ1) is 17.5. The number of carbonyl (C=O) groups excluding carboxylic acids is 1. The highest BCUT2D eigenvalue weighted by Crippen LogP contribution is 2.10. The summed E-state index contributed by atoms with van der Waals surface area (Å²) in [7, 11) is 0. The number of pyridine rings is 1. The molecule has 1 aromatic carbocycles. The molecular weight excluding hydrogens is 330 g/mol. The summed E-state index contributed by atoms with van der Waals surface area (Å²) < 4.78 is 0. The van der Waals surface area contributed by atoms with E-state index in [1.165, 1.54) is 0 Å². The number of hydrogen-bond acceptors (Lipinski definition) is 5. The number of amides is 1. The molecule has 0 spiro atoms. The normalized spacial score (nSPS) is 10.5. The number of rotatable bonds is 7. The van der Waals surface area contributed by atoms with Crippen molar-refractivity contribution in [1.82, 2.24) is 25.5 Å². The van der Waals surface area contributed by atoms with Gasteiger partial charge in [-0.3, -0.25) is 14.6 Å². The maximum atomic E-state index is 12.1. The summed E-state index contributed by atoms with van der Waals surface area (Å²) in [5.74, 6) is 0.286. The molecule has 3 aromatic rings. The molecule has 0 aliphatic carbocycles. The average Bonchev–Trinajstić information content (AvgIpc) is 2.68. The first-order valence-electron chi connectivity index (χ1n) is 8.40. The van der Waals surface area contributed by atoms with E-state index in [2.05, 4.69) is 25.5 Å². The van der Waals surface area contributed by atoms with Gasteiger partial charge in [0, 0.05) is 43.3 Å². The van der Waals surface area contributed by atoms with Crippen molar-refractivity contribution >= 4 is 5.91 Å². The molecule has 2 N–H and O–H groups in total. The second kappa shape index (κ2) is 8.66. The molecule has 0 aliphatic heterocycles. The lowest BCUT2D eigenvalue weighted by Crippen LogP contribution is -2.27. The zero-order valence-electron chi connectivity index (χ0n) is 14.2. The summed E-state index contributed by atoms with van der Waals surface area (Å²) in [6.45, 7) is 0.505. The molecule has 132 valence electrons. The second-order valence-electron chi connectivity index (χ2n) is 5.74. The number of aromatic amines is 1. The van der Waals surface area contributed by atoms with Crippen LogP contribution in [0.25, 0.3) is 11.4 Å². The van der Waals surface area contributed by atoms with Crippen molar-refractivity contribution in [3.8, 4) is 11.4 Å². The molecule has 0 fully saturated rings. The van der Waals surface area contributed by atoms with Gasteiger partial charge in [-0.25, -0.2) is 0 Å². The maximum absolute atomic E-state index is 12.1. The van der Waals surface area contributed by atoms with E-state index in [0.29, 0.717) is 18.8 Å². The van der Waals surface area contributed by atoms with E-state index in [0.717, 1.165) is 11.3 Å². The monoisotopic (exact) mass is 349 g/mol. The van der Waals surface area contributed by atoms with E-state index in [-0.39, 0.29) is 30.0 Å². The van der Waals surface area contributed by atoms with Gasteiger partial charge in [0.1, 0.15) is 5.69 Å². The van der Waals surface area contributed by atoms with Crippen molar-refractivity contribution in [3.63, 3.8) is 0 Å². The number of aryl methyl sites for hydroxylation is 1. The molecule has 0 saturated heterocycles. The Morgan fingerprint density at radius 1 is 1.00 bits per heavy atom. The minimum atomic E-state index is -0.319. The highest BCUT2D eigenvalue weighted by molar-refractivity contribution is 5.76. The Hall–Kier alpha value is -3.35. The van der Waals surface area contributed by atoms with Gasteiger partial charge in [0.2, 0.25) is 5.91 Å².